The molecule has 0 spiro atoms. The number of nitrogen functional groups attached to an aromatic ring is 1. The third kappa shape index (κ3) is 2.60. The molecule has 18 heavy (non-hydrogen) atoms. The van der Waals surface area contributed by atoms with E-state index in [0.717, 1.165) is 23.0 Å². The van der Waals surface area contributed by atoms with Crippen molar-refractivity contribution in [3.05, 3.63) is 17.8 Å². The van der Waals surface area contributed by atoms with Crippen molar-refractivity contribution in [2.75, 3.05) is 17.7 Å². The van der Waals surface area contributed by atoms with Gasteiger partial charge in [-0.05, 0) is 50.2 Å². The number of aryl methyl sites for hydroxylation is 1. The van der Waals surface area contributed by atoms with Gasteiger partial charge in [0.05, 0.1) is 5.69 Å². The van der Waals surface area contributed by atoms with Gasteiger partial charge in [-0.25, -0.2) is 4.98 Å². The average Bonchev–Trinajstić information content (AvgIpc) is 2.41. The molecule has 1 aromatic heterocycles. The highest BCUT2D eigenvalue weighted by Crippen LogP contribution is 2.32. The topological polar surface area (TPSA) is 42.2 Å². The monoisotopic (exact) mass is 247 g/mol. The van der Waals surface area contributed by atoms with Gasteiger partial charge in [-0.1, -0.05) is 13.3 Å². The third-order valence-corrected chi connectivity index (χ3v) is 4.46. The van der Waals surface area contributed by atoms with Gasteiger partial charge in [0.25, 0.3) is 0 Å². The summed E-state index contributed by atoms with van der Waals surface area (Å²) >= 11 is 0. The Morgan fingerprint density at radius 2 is 2.00 bits per heavy atom. The first kappa shape index (κ1) is 13.2. The second-order valence-electron chi connectivity index (χ2n) is 5.56. The highest BCUT2D eigenvalue weighted by Gasteiger charge is 2.24. The molecule has 1 aromatic rings. The smallest absolute Gasteiger partial charge is 0.152 e. The van der Waals surface area contributed by atoms with Gasteiger partial charge in [0, 0.05) is 19.3 Å². The van der Waals surface area contributed by atoms with Gasteiger partial charge in [-0.15, -0.1) is 0 Å². The van der Waals surface area contributed by atoms with E-state index in [9.17, 15) is 0 Å². The van der Waals surface area contributed by atoms with Crippen LogP contribution in [0.3, 0.4) is 0 Å². The van der Waals surface area contributed by atoms with Gasteiger partial charge >= 0.3 is 0 Å². The second kappa shape index (κ2) is 5.59. The average molecular weight is 247 g/mol. The number of hydrogen-bond donors (Lipinski definition) is 1. The zero-order valence-electron chi connectivity index (χ0n) is 11.8. The van der Waals surface area contributed by atoms with E-state index in [1.165, 1.54) is 32.1 Å². The maximum absolute atomic E-state index is 6.14. The lowest BCUT2D eigenvalue weighted by Gasteiger charge is -2.35. The Hall–Kier alpha value is -1.25. The number of hydrogen-bond acceptors (Lipinski definition) is 3. The summed E-state index contributed by atoms with van der Waals surface area (Å²) in [5.41, 5.74) is 8.09. The zero-order valence-corrected chi connectivity index (χ0v) is 11.8. The first-order chi connectivity index (χ1) is 8.63. The Morgan fingerprint density at radius 1 is 1.33 bits per heavy atom. The van der Waals surface area contributed by atoms with Gasteiger partial charge < -0.3 is 10.6 Å². The lowest BCUT2D eigenvalue weighted by atomic mass is 9.84. The molecular formula is C15H25N3. The number of aromatic nitrogens is 1. The van der Waals surface area contributed by atoms with Crippen LogP contribution in [0.5, 0.6) is 0 Å². The Bertz CT molecular complexity index is 395. The zero-order chi connectivity index (χ0) is 13.1. The summed E-state index contributed by atoms with van der Waals surface area (Å²) < 4.78 is 0. The van der Waals surface area contributed by atoms with E-state index in [2.05, 4.69) is 23.9 Å². The fraction of sp³-hybridized carbons (Fsp3) is 0.667. The van der Waals surface area contributed by atoms with E-state index >= 15 is 0 Å². The molecule has 3 heteroatoms. The minimum Gasteiger partial charge on any atom is -0.396 e. The quantitative estimate of drug-likeness (QED) is 0.890. The molecule has 0 unspecified atom stereocenters. The van der Waals surface area contributed by atoms with E-state index in [4.69, 9.17) is 5.73 Å². The predicted molar refractivity (Wildman–Crippen MR) is 77.8 cm³/mol. The van der Waals surface area contributed by atoms with Gasteiger partial charge in [-0.2, -0.15) is 0 Å². The van der Waals surface area contributed by atoms with Crippen LogP contribution in [0.25, 0.3) is 0 Å². The predicted octanol–water partition coefficient (Wildman–Crippen LogP) is 3.38. The Balaban J connectivity index is 2.08. The van der Waals surface area contributed by atoms with Gasteiger partial charge in [0.1, 0.15) is 0 Å². The van der Waals surface area contributed by atoms with Crippen LogP contribution in [-0.2, 0) is 0 Å². The number of nitrogens with zero attached hydrogens (tertiary/aromatic N) is 2. The van der Waals surface area contributed by atoms with Crippen LogP contribution in [0, 0.1) is 12.8 Å². The molecule has 0 saturated heterocycles. The Morgan fingerprint density at radius 3 is 2.61 bits per heavy atom. The fourth-order valence-electron chi connectivity index (χ4n) is 2.95. The van der Waals surface area contributed by atoms with Crippen molar-refractivity contribution < 1.29 is 0 Å². The summed E-state index contributed by atoms with van der Waals surface area (Å²) in [5.74, 6) is 1.88. The maximum Gasteiger partial charge on any atom is 0.152 e. The van der Waals surface area contributed by atoms with E-state index in [1.807, 2.05) is 19.2 Å². The minimum atomic E-state index is 0.601. The van der Waals surface area contributed by atoms with Crippen LogP contribution in [-0.4, -0.2) is 18.1 Å². The summed E-state index contributed by atoms with van der Waals surface area (Å²) in [6.07, 6.45) is 8.40. The molecule has 3 nitrogen and oxygen atoms in total. The largest absolute Gasteiger partial charge is 0.396 e. The van der Waals surface area contributed by atoms with Gasteiger partial charge in [0.15, 0.2) is 5.82 Å². The molecule has 1 aliphatic carbocycles. The lowest BCUT2D eigenvalue weighted by molar-refractivity contribution is 0.313. The summed E-state index contributed by atoms with van der Waals surface area (Å²) in [5, 5.41) is 0. The van der Waals surface area contributed by atoms with Crippen molar-refractivity contribution in [2.45, 2.75) is 52.0 Å². The van der Waals surface area contributed by atoms with Crippen molar-refractivity contribution in [3.63, 3.8) is 0 Å². The molecule has 0 bridgehead atoms. The Kier molecular flexibility index (Phi) is 4.10. The third-order valence-electron chi connectivity index (χ3n) is 4.46. The molecule has 0 radical (unpaired) electrons. The highest BCUT2D eigenvalue weighted by molar-refractivity contribution is 5.66. The van der Waals surface area contributed by atoms with E-state index in [0.29, 0.717) is 6.04 Å². The summed E-state index contributed by atoms with van der Waals surface area (Å²) in [7, 11) is 2.13. The maximum atomic E-state index is 6.14. The molecular weight excluding hydrogens is 222 g/mol. The van der Waals surface area contributed by atoms with Crippen LogP contribution in [0.4, 0.5) is 11.5 Å². The minimum absolute atomic E-state index is 0.601. The molecule has 1 saturated carbocycles. The highest BCUT2D eigenvalue weighted by atomic mass is 15.2. The lowest BCUT2D eigenvalue weighted by Crippen LogP contribution is -2.36. The van der Waals surface area contributed by atoms with E-state index in [1.54, 1.807) is 0 Å². The second-order valence-corrected chi connectivity index (χ2v) is 5.56. The van der Waals surface area contributed by atoms with Crippen LogP contribution < -0.4 is 10.6 Å². The van der Waals surface area contributed by atoms with Crippen molar-refractivity contribution in [1.82, 2.24) is 4.98 Å². The number of anilines is 2. The van der Waals surface area contributed by atoms with Crippen LogP contribution in [0.15, 0.2) is 12.3 Å². The molecule has 0 aromatic carbocycles. The Labute approximate surface area is 110 Å². The van der Waals surface area contributed by atoms with E-state index in [-0.39, 0.29) is 0 Å². The molecule has 0 amide bonds. The van der Waals surface area contributed by atoms with Crippen molar-refractivity contribution >= 4 is 11.5 Å². The summed E-state index contributed by atoms with van der Waals surface area (Å²) in [6.45, 7) is 4.34. The number of pyridine rings is 1. The van der Waals surface area contributed by atoms with Crippen LogP contribution in [0.2, 0.25) is 0 Å². The molecule has 1 heterocycles. The van der Waals surface area contributed by atoms with Crippen molar-refractivity contribution in [2.24, 2.45) is 5.92 Å². The first-order valence-corrected chi connectivity index (χ1v) is 7.07. The van der Waals surface area contributed by atoms with Crippen LogP contribution >= 0.6 is 0 Å². The normalized spacial score (nSPS) is 23.9. The summed E-state index contributed by atoms with van der Waals surface area (Å²) in [6, 6.07) is 2.57. The van der Waals surface area contributed by atoms with E-state index < -0.39 is 0 Å². The van der Waals surface area contributed by atoms with Crippen molar-refractivity contribution in [3.8, 4) is 0 Å². The molecule has 0 aliphatic heterocycles. The molecule has 2 N–H and O–H groups in total. The molecule has 100 valence electrons. The molecule has 1 aliphatic rings. The molecule has 1 fully saturated rings. The summed E-state index contributed by atoms with van der Waals surface area (Å²) in [4.78, 5) is 6.74. The molecule has 2 rings (SSSR count). The van der Waals surface area contributed by atoms with Gasteiger partial charge in [0.2, 0.25) is 0 Å². The van der Waals surface area contributed by atoms with Crippen molar-refractivity contribution in [1.29, 1.82) is 0 Å². The van der Waals surface area contributed by atoms with Crippen LogP contribution in [0.1, 0.15) is 44.6 Å². The fourth-order valence-corrected chi connectivity index (χ4v) is 2.95. The van der Waals surface area contributed by atoms with Gasteiger partial charge in [-0.3, -0.25) is 0 Å². The SMILES string of the molecule is CCC1CCC(N(C)c2nccc(C)c2N)CC1. The standard InChI is InChI=1S/C15H25N3/c1-4-12-5-7-13(8-6-12)18(3)15-14(16)11(2)9-10-17-15/h9-10,12-13H,4-8,16H2,1-3H3. The number of nitrogens with two attached hydrogens (primary N) is 1. The molecule has 0 atom stereocenters. The number of rotatable bonds is 3. The first-order valence-electron chi connectivity index (χ1n) is 7.07.